The number of piperazine rings is 1. The van der Waals surface area contributed by atoms with E-state index >= 15 is 0 Å². The van der Waals surface area contributed by atoms with E-state index in [1.165, 1.54) is 0 Å². The Bertz CT molecular complexity index is 644. The molecule has 0 aliphatic carbocycles. The van der Waals surface area contributed by atoms with Gasteiger partial charge in [-0.25, -0.2) is 0 Å². The minimum atomic E-state index is -0.152. The average molecular weight is 331 g/mol. The number of amides is 1. The number of carbonyl (C=O) groups excluding carboxylic acids is 1. The number of benzene rings is 1. The van der Waals surface area contributed by atoms with Crippen LogP contribution >= 0.6 is 0 Å². The zero-order valence-corrected chi connectivity index (χ0v) is 14.1. The summed E-state index contributed by atoms with van der Waals surface area (Å²) in [7, 11) is 0. The van der Waals surface area contributed by atoms with Crippen molar-refractivity contribution in [2.45, 2.75) is 13.0 Å². The fourth-order valence-corrected chi connectivity index (χ4v) is 3.09. The molecule has 2 aromatic rings. The summed E-state index contributed by atoms with van der Waals surface area (Å²) in [5, 5.41) is 13.0. The van der Waals surface area contributed by atoms with E-state index in [0.29, 0.717) is 13.1 Å². The standard InChI is InChI=1S/C18H25N3O3/c1-14(17-12-15-4-2-3-5-16(15)24-17)19-18(23)13-21-8-6-20(7-9-21)10-11-22/h2-5,12,14,22H,6-11,13H2,1H3,(H,19,23)/t14-/m1/s1. The fourth-order valence-electron chi connectivity index (χ4n) is 3.09. The second-order valence-electron chi connectivity index (χ2n) is 6.32. The first-order chi connectivity index (χ1) is 11.7. The molecule has 2 heterocycles. The second-order valence-corrected chi connectivity index (χ2v) is 6.32. The van der Waals surface area contributed by atoms with Gasteiger partial charge >= 0.3 is 0 Å². The maximum atomic E-state index is 12.3. The molecule has 3 rings (SSSR count). The fraction of sp³-hybridized carbons (Fsp3) is 0.500. The Labute approximate surface area is 142 Å². The quantitative estimate of drug-likeness (QED) is 0.833. The third-order valence-electron chi connectivity index (χ3n) is 4.50. The SMILES string of the molecule is C[C@@H](NC(=O)CN1CCN(CCO)CC1)c1cc2ccccc2o1. The molecule has 130 valence electrons. The lowest BCUT2D eigenvalue weighted by Gasteiger charge is -2.33. The van der Waals surface area contributed by atoms with Crippen LogP contribution in [0.1, 0.15) is 18.7 Å². The van der Waals surface area contributed by atoms with Crippen molar-refractivity contribution in [3.05, 3.63) is 36.1 Å². The highest BCUT2D eigenvalue weighted by molar-refractivity contribution is 5.80. The number of furan rings is 1. The van der Waals surface area contributed by atoms with Gasteiger partial charge in [0.15, 0.2) is 0 Å². The summed E-state index contributed by atoms with van der Waals surface area (Å²) in [6, 6.07) is 9.67. The first kappa shape index (κ1) is 17.0. The van der Waals surface area contributed by atoms with Crippen LogP contribution in [0, 0.1) is 0 Å². The van der Waals surface area contributed by atoms with E-state index in [4.69, 9.17) is 9.52 Å². The largest absolute Gasteiger partial charge is 0.459 e. The van der Waals surface area contributed by atoms with Crippen molar-refractivity contribution < 1.29 is 14.3 Å². The number of rotatable bonds is 6. The molecule has 1 amide bonds. The third kappa shape index (κ3) is 4.14. The minimum absolute atomic E-state index is 0.0126. The summed E-state index contributed by atoms with van der Waals surface area (Å²) in [4.78, 5) is 16.6. The zero-order valence-electron chi connectivity index (χ0n) is 14.1. The molecule has 1 atom stereocenters. The molecule has 1 saturated heterocycles. The highest BCUT2D eigenvalue weighted by Crippen LogP contribution is 2.23. The van der Waals surface area contributed by atoms with Crippen LogP contribution in [-0.4, -0.2) is 66.7 Å². The summed E-state index contributed by atoms with van der Waals surface area (Å²) in [5.74, 6) is 0.788. The molecule has 1 fully saturated rings. The Hall–Kier alpha value is -1.89. The van der Waals surface area contributed by atoms with Gasteiger partial charge in [-0.1, -0.05) is 18.2 Å². The van der Waals surface area contributed by atoms with E-state index in [1.807, 2.05) is 37.3 Å². The molecule has 6 nitrogen and oxygen atoms in total. The van der Waals surface area contributed by atoms with Gasteiger partial charge in [0, 0.05) is 38.1 Å². The molecular weight excluding hydrogens is 306 g/mol. The zero-order chi connectivity index (χ0) is 16.9. The summed E-state index contributed by atoms with van der Waals surface area (Å²) in [6.45, 7) is 6.74. The number of β-amino-alcohol motifs (C(OH)–C–C–N with tert-alkyl or cyclic N) is 1. The smallest absolute Gasteiger partial charge is 0.234 e. The van der Waals surface area contributed by atoms with Crippen molar-refractivity contribution in [3.63, 3.8) is 0 Å². The highest BCUT2D eigenvalue weighted by atomic mass is 16.3. The number of para-hydroxylation sites is 1. The van der Waals surface area contributed by atoms with Crippen LogP contribution in [0.4, 0.5) is 0 Å². The van der Waals surface area contributed by atoms with Gasteiger partial charge in [0.2, 0.25) is 5.91 Å². The topological polar surface area (TPSA) is 69.0 Å². The van der Waals surface area contributed by atoms with Gasteiger partial charge in [0.1, 0.15) is 11.3 Å². The maximum Gasteiger partial charge on any atom is 0.234 e. The number of fused-ring (bicyclic) bond motifs is 1. The number of hydrogen-bond acceptors (Lipinski definition) is 5. The van der Waals surface area contributed by atoms with E-state index in [9.17, 15) is 4.79 Å². The minimum Gasteiger partial charge on any atom is -0.459 e. The van der Waals surface area contributed by atoms with Gasteiger partial charge < -0.3 is 14.8 Å². The molecule has 0 saturated carbocycles. The van der Waals surface area contributed by atoms with Crippen LogP contribution in [0.5, 0.6) is 0 Å². The maximum absolute atomic E-state index is 12.3. The Morgan fingerprint density at radius 1 is 1.25 bits per heavy atom. The van der Waals surface area contributed by atoms with Gasteiger partial charge in [-0.3, -0.25) is 14.6 Å². The van der Waals surface area contributed by atoms with E-state index in [2.05, 4.69) is 15.1 Å². The number of nitrogens with one attached hydrogen (secondary N) is 1. The van der Waals surface area contributed by atoms with E-state index in [1.54, 1.807) is 0 Å². The molecule has 1 aliphatic heterocycles. The van der Waals surface area contributed by atoms with Crippen molar-refractivity contribution in [1.29, 1.82) is 0 Å². The molecule has 0 unspecified atom stereocenters. The first-order valence-electron chi connectivity index (χ1n) is 8.49. The van der Waals surface area contributed by atoms with Gasteiger partial charge in [-0.2, -0.15) is 0 Å². The first-order valence-corrected chi connectivity index (χ1v) is 8.49. The van der Waals surface area contributed by atoms with E-state index in [-0.39, 0.29) is 18.6 Å². The lowest BCUT2D eigenvalue weighted by atomic mass is 10.2. The molecule has 0 spiro atoms. The predicted molar refractivity (Wildman–Crippen MR) is 92.7 cm³/mol. The Morgan fingerprint density at radius 3 is 2.67 bits per heavy atom. The number of nitrogens with zero attached hydrogens (tertiary/aromatic N) is 2. The van der Waals surface area contributed by atoms with Crippen molar-refractivity contribution >= 4 is 16.9 Å². The number of hydrogen-bond donors (Lipinski definition) is 2. The molecule has 0 radical (unpaired) electrons. The summed E-state index contributed by atoms with van der Waals surface area (Å²) >= 11 is 0. The molecule has 1 aromatic heterocycles. The summed E-state index contributed by atoms with van der Waals surface area (Å²) in [5.41, 5.74) is 0.841. The van der Waals surface area contributed by atoms with Gasteiger partial charge in [0.05, 0.1) is 19.2 Å². The summed E-state index contributed by atoms with van der Waals surface area (Å²) < 4.78 is 5.80. The predicted octanol–water partition coefficient (Wildman–Crippen LogP) is 1.22. The number of aliphatic hydroxyl groups excluding tert-OH is 1. The molecule has 6 heteroatoms. The van der Waals surface area contributed by atoms with Crippen LogP contribution in [0.15, 0.2) is 34.7 Å². The molecule has 1 aliphatic rings. The van der Waals surface area contributed by atoms with Crippen LogP contribution in [-0.2, 0) is 4.79 Å². The van der Waals surface area contributed by atoms with Gasteiger partial charge in [0.25, 0.3) is 0 Å². The third-order valence-corrected chi connectivity index (χ3v) is 4.50. The number of aliphatic hydroxyl groups is 1. The molecule has 2 N–H and O–H groups in total. The van der Waals surface area contributed by atoms with Crippen molar-refractivity contribution in [3.8, 4) is 0 Å². The van der Waals surface area contributed by atoms with E-state index in [0.717, 1.165) is 42.9 Å². The monoisotopic (exact) mass is 331 g/mol. The van der Waals surface area contributed by atoms with Crippen LogP contribution in [0.25, 0.3) is 11.0 Å². The lowest BCUT2D eigenvalue weighted by Crippen LogP contribution is -2.50. The molecule has 0 bridgehead atoms. The molecule has 1 aromatic carbocycles. The Balaban J connectivity index is 1.49. The van der Waals surface area contributed by atoms with Crippen molar-refractivity contribution in [2.24, 2.45) is 0 Å². The van der Waals surface area contributed by atoms with E-state index < -0.39 is 0 Å². The molecule has 24 heavy (non-hydrogen) atoms. The normalized spacial score (nSPS) is 17.9. The highest BCUT2D eigenvalue weighted by Gasteiger charge is 2.20. The van der Waals surface area contributed by atoms with Crippen LogP contribution in [0.2, 0.25) is 0 Å². The summed E-state index contributed by atoms with van der Waals surface area (Å²) in [6.07, 6.45) is 0. The number of carbonyl (C=O) groups is 1. The Morgan fingerprint density at radius 2 is 1.96 bits per heavy atom. The van der Waals surface area contributed by atoms with Crippen LogP contribution < -0.4 is 5.32 Å². The average Bonchev–Trinajstić information content (AvgIpc) is 3.01. The van der Waals surface area contributed by atoms with Crippen molar-refractivity contribution in [1.82, 2.24) is 15.1 Å². The van der Waals surface area contributed by atoms with Gasteiger partial charge in [-0.05, 0) is 19.1 Å². The second kappa shape index (κ2) is 7.79. The lowest BCUT2D eigenvalue weighted by molar-refractivity contribution is -0.123. The van der Waals surface area contributed by atoms with Gasteiger partial charge in [-0.15, -0.1) is 0 Å². The molecular formula is C18H25N3O3. The van der Waals surface area contributed by atoms with Crippen LogP contribution in [0.3, 0.4) is 0 Å². The Kier molecular flexibility index (Phi) is 5.50. The van der Waals surface area contributed by atoms with Crippen molar-refractivity contribution in [2.75, 3.05) is 45.9 Å².